The summed E-state index contributed by atoms with van der Waals surface area (Å²) < 4.78 is 15.2. The van der Waals surface area contributed by atoms with Crippen LogP contribution in [0.15, 0.2) is 11.6 Å². The maximum absolute atomic E-state index is 15.2. The van der Waals surface area contributed by atoms with Crippen LogP contribution in [0.25, 0.3) is 0 Å². The largest absolute Gasteiger partial charge is 0.377 e. The molecule has 3 heteroatoms. The lowest BCUT2D eigenvalue weighted by Crippen LogP contribution is -2.52. The van der Waals surface area contributed by atoms with Gasteiger partial charge in [0.15, 0.2) is 5.78 Å². The zero-order chi connectivity index (χ0) is 16.4. The van der Waals surface area contributed by atoms with Gasteiger partial charge in [0.05, 0.1) is 0 Å². The number of allylic oxidation sites excluding steroid dienone is 1. The van der Waals surface area contributed by atoms with Crippen molar-refractivity contribution in [1.82, 2.24) is 0 Å². The van der Waals surface area contributed by atoms with Crippen molar-refractivity contribution in [2.24, 2.45) is 35.5 Å². The summed E-state index contributed by atoms with van der Waals surface area (Å²) in [6.45, 7) is 2.19. The second kappa shape index (κ2) is 5.18. The van der Waals surface area contributed by atoms with Crippen molar-refractivity contribution in [3.8, 4) is 12.3 Å². The van der Waals surface area contributed by atoms with Crippen molar-refractivity contribution in [2.45, 2.75) is 57.2 Å². The Kier molecular flexibility index (Phi) is 3.47. The van der Waals surface area contributed by atoms with Crippen LogP contribution in [-0.4, -0.2) is 22.7 Å². The van der Waals surface area contributed by atoms with Crippen molar-refractivity contribution < 1.29 is 14.3 Å². The van der Waals surface area contributed by atoms with E-state index in [-0.39, 0.29) is 23.5 Å². The zero-order valence-corrected chi connectivity index (χ0v) is 13.7. The smallest absolute Gasteiger partial charge is 0.155 e. The number of halogens is 1. The summed E-state index contributed by atoms with van der Waals surface area (Å²) in [6, 6.07) is 0. The maximum atomic E-state index is 15.2. The Bertz CT molecular complexity index is 603. The van der Waals surface area contributed by atoms with Gasteiger partial charge in [-0.15, -0.1) is 6.42 Å². The minimum absolute atomic E-state index is 0.0134. The lowest BCUT2D eigenvalue weighted by molar-refractivity contribution is -0.117. The molecule has 124 valence electrons. The zero-order valence-electron chi connectivity index (χ0n) is 13.7. The van der Waals surface area contributed by atoms with Gasteiger partial charge in [0.25, 0.3) is 0 Å². The Morgan fingerprint density at radius 3 is 2.91 bits per heavy atom. The average molecular weight is 316 g/mol. The standard InChI is InChI=1S/C20H25FO2/c1-3-20(23)7-6-15-16(20)10-17(21)19-14-5-4-13(22)9-12(14)8-11(2)18(15)19/h1,9,11,14-19,23H,4-8,10H2,2H3/t11-,14?,15?,16?,17+,18?,19?,20+/m1/s1. The number of hydrogen-bond donors (Lipinski definition) is 1. The van der Waals surface area contributed by atoms with Crippen LogP contribution in [0, 0.1) is 47.9 Å². The van der Waals surface area contributed by atoms with Crippen LogP contribution < -0.4 is 0 Å². The molecule has 4 rings (SSSR count). The number of rotatable bonds is 0. The Balaban J connectivity index is 1.70. The Morgan fingerprint density at radius 1 is 1.39 bits per heavy atom. The summed E-state index contributed by atoms with van der Waals surface area (Å²) in [5.74, 6) is 3.90. The van der Waals surface area contributed by atoms with Gasteiger partial charge in [-0.25, -0.2) is 4.39 Å². The molecule has 0 aromatic carbocycles. The number of terminal acetylenes is 1. The second-order valence-electron chi connectivity index (χ2n) is 8.30. The lowest BCUT2D eigenvalue weighted by atomic mass is 9.52. The molecule has 2 nitrogen and oxygen atoms in total. The number of ketones is 1. The molecular weight excluding hydrogens is 291 g/mol. The van der Waals surface area contributed by atoms with Crippen LogP contribution >= 0.6 is 0 Å². The predicted molar refractivity (Wildman–Crippen MR) is 86.1 cm³/mol. The normalized spacial score (nSPS) is 52.0. The Labute approximate surface area is 137 Å². The van der Waals surface area contributed by atoms with Crippen LogP contribution in [0.4, 0.5) is 4.39 Å². The molecule has 4 aliphatic rings. The highest BCUT2D eigenvalue weighted by molar-refractivity contribution is 5.91. The summed E-state index contributed by atoms with van der Waals surface area (Å²) >= 11 is 0. The van der Waals surface area contributed by atoms with Crippen molar-refractivity contribution in [3.05, 3.63) is 11.6 Å². The van der Waals surface area contributed by atoms with Crippen molar-refractivity contribution in [3.63, 3.8) is 0 Å². The molecule has 0 heterocycles. The molecule has 0 radical (unpaired) electrons. The predicted octanol–water partition coefficient (Wildman–Crippen LogP) is 3.30. The molecule has 0 aromatic rings. The molecule has 8 atom stereocenters. The van der Waals surface area contributed by atoms with Gasteiger partial charge < -0.3 is 5.11 Å². The summed E-state index contributed by atoms with van der Waals surface area (Å²) in [4.78, 5) is 11.7. The van der Waals surface area contributed by atoms with E-state index in [1.54, 1.807) is 6.08 Å². The first-order chi connectivity index (χ1) is 10.9. The summed E-state index contributed by atoms with van der Waals surface area (Å²) in [6.07, 6.45) is 10.6. The van der Waals surface area contributed by atoms with E-state index in [0.29, 0.717) is 37.0 Å². The number of fused-ring (bicyclic) bond motifs is 5. The number of hydrogen-bond acceptors (Lipinski definition) is 2. The monoisotopic (exact) mass is 316 g/mol. The summed E-state index contributed by atoms with van der Waals surface area (Å²) in [5.41, 5.74) is 0.0690. The third-order valence-corrected chi connectivity index (χ3v) is 7.28. The van der Waals surface area contributed by atoms with Crippen LogP contribution in [0.3, 0.4) is 0 Å². The fourth-order valence-electron chi connectivity index (χ4n) is 6.41. The molecule has 5 unspecified atom stereocenters. The van der Waals surface area contributed by atoms with Crippen molar-refractivity contribution >= 4 is 5.78 Å². The average Bonchev–Trinajstić information content (AvgIpc) is 2.84. The number of alkyl halides is 1. The Hall–Kier alpha value is -1.14. The molecule has 4 aliphatic carbocycles. The molecule has 0 bridgehead atoms. The summed E-state index contributed by atoms with van der Waals surface area (Å²) in [5, 5.41) is 10.7. The van der Waals surface area contributed by atoms with Gasteiger partial charge >= 0.3 is 0 Å². The van der Waals surface area contributed by atoms with E-state index in [4.69, 9.17) is 6.42 Å². The van der Waals surface area contributed by atoms with Crippen LogP contribution in [-0.2, 0) is 4.79 Å². The van der Waals surface area contributed by atoms with Gasteiger partial charge in [0, 0.05) is 18.3 Å². The van der Waals surface area contributed by atoms with Crippen molar-refractivity contribution in [1.29, 1.82) is 0 Å². The topological polar surface area (TPSA) is 37.3 Å². The van der Waals surface area contributed by atoms with E-state index in [9.17, 15) is 9.90 Å². The fourth-order valence-corrected chi connectivity index (χ4v) is 6.41. The molecule has 23 heavy (non-hydrogen) atoms. The van der Waals surface area contributed by atoms with Gasteiger partial charge in [0.2, 0.25) is 0 Å². The minimum atomic E-state index is -1.11. The second-order valence-corrected chi connectivity index (χ2v) is 8.30. The number of carbonyl (C=O) groups is 1. The van der Waals surface area contributed by atoms with E-state index in [1.807, 2.05) is 0 Å². The van der Waals surface area contributed by atoms with E-state index in [0.717, 1.165) is 19.3 Å². The first-order valence-corrected chi connectivity index (χ1v) is 9.02. The SMILES string of the molecule is C#C[C@]1(O)CCC2C3C(C4CCC(=O)C=C4C[C@H]3C)[C@@H](F)CC21. The van der Waals surface area contributed by atoms with E-state index in [1.165, 1.54) is 5.57 Å². The number of carbonyl (C=O) groups excluding carboxylic acids is 1. The molecular formula is C20H25FO2. The fraction of sp³-hybridized carbons (Fsp3) is 0.750. The van der Waals surface area contributed by atoms with E-state index < -0.39 is 11.8 Å². The Morgan fingerprint density at radius 2 is 2.17 bits per heavy atom. The van der Waals surface area contributed by atoms with Crippen LogP contribution in [0.2, 0.25) is 0 Å². The lowest BCUT2D eigenvalue weighted by Gasteiger charge is -2.54. The van der Waals surface area contributed by atoms with Crippen molar-refractivity contribution in [2.75, 3.05) is 0 Å². The highest BCUT2D eigenvalue weighted by Crippen LogP contribution is 2.61. The third kappa shape index (κ3) is 2.14. The van der Waals surface area contributed by atoms with Gasteiger partial charge in [0.1, 0.15) is 11.8 Å². The molecule has 3 fully saturated rings. The third-order valence-electron chi connectivity index (χ3n) is 7.28. The van der Waals surface area contributed by atoms with Gasteiger partial charge in [-0.05, 0) is 61.9 Å². The van der Waals surface area contributed by atoms with Crippen LogP contribution in [0.1, 0.15) is 45.4 Å². The molecule has 0 saturated heterocycles. The minimum Gasteiger partial charge on any atom is -0.377 e. The number of aliphatic hydroxyl groups is 1. The maximum Gasteiger partial charge on any atom is 0.155 e. The molecule has 1 N–H and O–H groups in total. The summed E-state index contributed by atoms with van der Waals surface area (Å²) in [7, 11) is 0. The first kappa shape index (κ1) is 15.4. The highest BCUT2D eigenvalue weighted by atomic mass is 19.1. The van der Waals surface area contributed by atoms with E-state index >= 15 is 4.39 Å². The molecule has 0 spiro atoms. The van der Waals surface area contributed by atoms with Gasteiger partial charge in [-0.1, -0.05) is 18.4 Å². The molecule has 0 aromatic heterocycles. The first-order valence-electron chi connectivity index (χ1n) is 9.02. The molecule has 3 saturated carbocycles. The van der Waals surface area contributed by atoms with E-state index in [2.05, 4.69) is 12.8 Å². The van der Waals surface area contributed by atoms with Crippen LogP contribution in [0.5, 0.6) is 0 Å². The van der Waals surface area contributed by atoms with Gasteiger partial charge in [-0.2, -0.15) is 0 Å². The molecule has 0 amide bonds. The van der Waals surface area contributed by atoms with Gasteiger partial charge in [-0.3, -0.25) is 4.79 Å². The highest BCUT2D eigenvalue weighted by Gasteiger charge is 2.59. The quantitative estimate of drug-likeness (QED) is 0.696. The molecule has 0 aliphatic heterocycles.